The van der Waals surface area contributed by atoms with Gasteiger partial charge in [0.25, 0.3) is 0 Å². The second-order valence-electron chi connectivity index (χ2n) is 6.81. The number of hydrogen-bond donors (Lipinski definition) is 0. The predicted octanol–water partition coefficient (Wildman–Crippen LogP) is 3.94. The van der Waals surface area contributed by atoms with Crippen molar-refractivity contribution in [2.24, 2.45) is 5.41 Å². The zero-order chi connectivity index (χ0) is 15.8. The SMILES string of the molecule is COCO[C@H](c1ccccc1)[C@@]12CCCC[C@@]13C=CO[C@@H](C2)O3. The number of ether oxygens (including phenoxy) is 4. The van der Waals surface area contributed by atoms with E-state index in [9.17, 15) is 0 Å². The van der Waals surface area contributed by atoms with E-state index in [0.717, 1.165) is 19.3 Å². The highest BCUT2D eigenvalue weighted by atomic mass is 16.7. The quantitative estimate of drug-likeness (QED) is 0.771. The molecule has 23 heavy (non-hydrogen) atoms. The molecule has 2 fully saturated rings. The Hall–Kier alpha value is -1.36. The summed E-state index contributed by atoms with van der Waals surface area (Å²) < 4.78 is 23.5. The molecule has 124 valence electrons. The van der Waals surface area contributed by atoms with Gasteiger partial charge >= 0.3 is 0 Å². The molecule has 1 spiro atoms. The smallest absolute Gasteiger partial charge is 0.200 e. The van der Waals surface area contributed by atoms with Crippen LogP contribution in [0.3, 0.4) is 0 Å². The van der Waals surface area contributed by atoms with Crippen LogP contribution in [0.15, 0.2) is 42.7 Å². The summed E-state index contributed by atoms with van der Waals surface area (Å²) >= 11 is 0. The fourth-order valence-corrected chi connectivity index (χ4v) is 4.71. The molecule has 1 saturated heterocycles. The van der Waals surface area contributed by atoms with Gasteiger partial charge in [-0.2, -0.15) is 0 Å². The Morgan fingerprint density at radius 1 is 1.22 bits per heavy atom. The van der Waals surface area contributed by atoms with Gasteiger partial charge in [0.1, 0.15) is 12.4 Å². The maximum absolute atomic E-state index is 6.34. The van der Waals surface area contributed by atoms with E-state index in [1.807, 2.05) is 12.3 Å². The van der Waals surface area contributed by atoms with Crippen LogP contribution in [-0.4, -0.2) is 25.8 Å². The summed E-state index contributed by atoms with van der Waals surface area (Å²) in [5.41, 5.74) is 0.820. The van der Waals surface area contributed by atoms with Gasteiger partial charge in [0.15, 0.2) is 0 Å². The summed E-state index contributed by atoms with van der Waals surface area (Å²) in [6.45, 7) is 0.284. The molecule has 2 aliphatic heterocycles. The van der Waals surface area contributed by atoms with Gasteiger partial charge in [-0.05, 0) is 24.5 Å². The molecule has 4 heteroatoms. The lowest BCUT2D eigenvalue weighted by atomic mass is 9.59. The van der Waals surface area contributed by atoms with Crippen LogP contribution in [0.5, 0.6) is 0 Å². The molecule has 4 nitrogen and oxygen atoms in total. The van der Waals surface area contributed by atoms with Crippen molar-refractivity contribution >= 4 is 0 Å². The highest BCUT2D eigenvalue weighted by Gasteiger charge is 2.65. The first kappa shape index (κ1) is 15.2. The van der Waals surface area contributed by atoms with Crippen molar-refractivity contribution in [2.75, 3.05) is 13.9 Å². The maximum atomic E-state index is 6.34. The van der Waals surface area contributed by atoms with E-state index < -0.39 is 0 Å². The van der Waals surface area contributed by atoms with Crippen molar-refractivity contribution in [3.8, 4) is 0 Å². The Balaban J connectivity index is 1.78. The molecular weight excluding hydrogens is 292 g/mol. The lowest BCUT2D eigenvalue weighted by Crippen LogP contribution is -2.50. The predicted molar refractivity (Wildman–Crippen MR) is 85.5 cm³/mol. The summed E-state index contributed by atoms with van der Waals surface area (Å²) in [5, 5.41) is 0. The van der Waals surface area contributed by atoms with Crippen LogP contribution in [0.4, 0.5) is 0 Å². The first-order valence-corrected chi connectivity index (χ1v) is 8.46. The van der Waals surface area contributed by atoms with E-state index >= 15 is 0 Å². The van der Waals surface area contributed by atoms with E-state index in [1.165, 1.54) is 18.4 Å². The third-order valence-corrected chi connectivity index (χ3v) is 5.66. The van der Waals surface area contributed by atoms with E-state index in [0.29, 0.717) is 0 Å². The van der Waals surface area contributed by atoms with Crippen LogP contribution in [0.25, 0.3) is 0 Å². The Labute approximate surface area is 137 Å². The van der Waals surface area contributed by atoms with Crippen molar-refractivity contribution in [3.63, 3.8) is 0 Å². The van der Waals surface area contributed by atoms with Crippen molar-refractivity contribution in [3.05, 3.63) is 48.2 Å². The van der Waals surface area contributed by atoms with Crippen molar-refractivity contribution in [1.29, 1.82) is 0 Å². The Bertz CT molecular complexity index is 572. The highest BCUT2D eigenvalue weighted by molar-refractivity contribution is 5.28. The van der Waals surface area contributed by atoms with E-state index in [4.69, 9.17) is 18.9 Å². The van der Waals surface area contributed by atoms with E-state index in [-0.39, 0.29) is 30.2 Å². The molecule has 1 aromatic rings. The Morgan fingerprint density at radius 2 is 2.04 bits per heavy atom. The molecule has 1 saturated carbocycles. The summed E-state index contributed by atoms with van der Waals surface area (Å²) in [5.74, 6) is 0. The summed E-state index contributed by atoms with van der Waals surface area (Å²) in [4.78, 5) is 0. The molecule has 0 radical (unpaired) electrons. The zero-order valence-corrected chi connectivity index (χ0v) is 13.6. The third kappa shape index (κ3) is 2.32. The second kappa shape index (κ2) is 5.93. The van der Waals surface area contributed by atoms with Crippen molar-refractivity contribution in [1.82, 2.24) is 0 Å². The van der Waals surface area contributed by atoms with Gasteiger partial charge in [0, 0.05) is 18.9 Å². The molecule has 4 rings (SSSR count). The molecule has 0 unspecified atom stereocenters. The molecule has 0 aromatic heterocycles. The largest absolute Gasteiger partial charge is 0.473 e. The molecule has 3 aliphatic rings. The number of fused-ring (bicyclic) bond motifs is 1. The van der Waals surface area contributed by atoms with Crippen molar-refractivity contribution < 1.29 is 18.9 Å². The highest BCUT2D eigenvalue weighted by Crippen LogP contribution is 2.64. The molecule has 1 aliphatic carbocycles. The molecule has 4 atom stereocenters. The van der Waals surface area contributed by atoms with Gasteiger partial charge < -0.3 is 18.9 Å². The molecule has 1 aromatic carbocycles. The topological polar surface area (TPSA) is 36.9 Å². The van der Waals surface area contributed by atoms with E-state index in [1.54, 1.807) is 7.11 Å². The Kier molecular flexibility index (Phi) is 3.92. The number of methoxy groups -OCH3 is 1. The van der Waals surface area contributed by atoms with Gasteiger partial charge in [-0.15, -0.1) is 0 Å². The summed E-state index contributed by atoms with van der Waals surface area (Å²) in [6, 6.07) is 10.5. The lowest BCUT2D eigenvalue weighted by Gasteiger charge is -2.50. The van der Waals surface area contributed by atoms with Crippen LogP contribution >= 0.6 is 0 Å². The van der Waals surface area contributed by atoms with E-state index in [2.05, 4.69) is 30.3 Å². The zero-order valence-electron chi connectivity index (χ0n) is 13.6. The molecule has 2 heterocycles. The van der Waals surface area contributed by atoms with Crippen LogP contribution in [0, 0.1) is 5.41 Å². The number of benzene rings is 1. The number of rotatable bonds is 5. The van der Waals surface area contributed by atoms with Gasteiger partial charge in [0.05, 0.1) is 12.4 Å². The second-order valence-corrected chi connectivity index (χ2v) is 6.81. The fourth-order valence-electron chi connectivity index (χ4n) is 4.71. The van der Waals surface area contributed by atoms with Crippen LogP contribution in [0.1, 0.15) is 43.8 Å². The van der Waals surface area contributed by atoms with Crippen LogP contribution in [-0.2, 0) is 18.9 Å². The molecular formula is C19H24O4. The van der Waals surface area contributed by atoms with Crippen LogP contribution < -0.4 is 0 Å². The molecule has 0 amide bonds. The summed E-state index contributed by atoms with van der Waals surface area (Å²) in [7, 11) is 1.67. The minimum atomic E-state index is -0.275. The lowest BCUT2D eigenvalue weighted by molar-refractivity contribution is -0.194. The van der Waals surface area contributed by atoms with Crippen LogP contribution in [0.2, 0.25) is 0 Å². The molecule has 2 bridgehead atoms. The molecule has 0 N–H and O–H groups in total. The average molecular weight is 316 g/mol. The number of hydrogen-bond acceptors (Lipinski definition) is 4. The first-order chi connectivity index (χ1) is 11.3. The third-order valence-electron chi connectivity index (χ3n) is 5.66. The average Bonchev–Trinajstić information content (AvgIpc) is 2.82. The maximum Gasteiger partial charge on any atom is 0.200 e. The van der Waals surface area contributed by atoms with Gasteiger partial charge in [0.2, 0.25) is 6.29 Å². The van der Waals surface area contributed by atoms with Gasteiger partial charge in [-0.1, -0.05) is 43.2 Å². The minimum absolute atomic E-state index is 0.0553. The van der Waals surface area contributed by atoms with Crippen molar-refractivity contribution in [2.45, 2.75) is 50.1 Å². The Morgan fingerprint density at radius 3 is 2.87 bits per heavy atom. The standard InChI is InChI=1S/C19H24O4/c1-20-14-22-17(15-7-3-2-4-8-15)18-9-5-6-10-19(18)11-12-21-16(13-18)23-19/h2-4,7-8,11-12,16-17H,5-6,9-10,13-14H2,1H3/t16-,17-,18+,19-/m1/s1. The van der Waals surface area contributed by atoms with Gasteiger partial charge in [-0.3, -0.25) is 0 Å². The normalized spacial score (nSPS) is 36.3. The monoisotopic (exact) mass is 316 g/mol. The summed E-state index contributed by atoms with van der Waals surface area (Å²) in [6.07, 6.45) is 9.11. The minimum Gasteiger partial charge on any atom is -0.473 e. The fraction of sp³-hybridized carbons (Fsp3) is 0.579. The first-order valence-electron chi connectivity index (χ1n) is 8.46. The van der Waals surface area contributed by atoms with Gasteiger partial charge in [-0.25, -0.2) is 0 Å².